The number of amides is 1. The van der Waals surface area contributed by atoms with Crippen LogP contribution in [0.1, 0.15) is 41.2 Å². The molecule has 0 bridgehead atoms. The van der Waals surface area contributed by atoms with E-state index in [4.69, 9.17) is 4.74 Å². The number of ether oxygens (including phenoxy) is 1. The summed E-state index contributed by atoms with van der Waals surface area (Å²) in [6, 6.07) is 9.79. The lowest BCUT2D eigenvalue weighted by Gasteiger charge is -2.20. The van der Waals surface area contributed by atoms with Crippen LogP contribution in [0, 0.1) is 6.92 Å². The van der Waals surface area contributed by atoms with Crippen molar-refractivity contribution in [3.8, 4) is 0 Å². The molecule has 0 radical (unpaired) electrons. The quantitative estimate of drug-likeness (QED) is 0.470. The van der Waals surface area contributed by atoms with Gasteiger partial charge in [-0.1, -0.05) is 48.6 Å². The van der Waals surface area contributed by atoms with E-state index in [1.54, 1.807) is 30.5 Å². The van der Waals surface area contributed by atoms with Crippen molar-refractivity contribution in [3.63, 3.8) is 0 Å². The molecule has 0 saturated carbocycles. The summed E-state index contributed by atoms with van der Waals surface area (Å²) in [5.74, 6) is 0.946. The number of esters is 1. The third-order valence-corrected chi connectivity index (χ3v) is 5.84. The maximum atomic E-state index is 12.8. The third-order valence-electron chi connectivity index (χ3n) is 3.54. The monoisotopic (exact) mass is 392 g/mol. The van der Waals surface area contributed by atoms with E-state index in [9.17, 15) is 9.59 Å². The zero-order valence-electron chi connectivity index (χ0n) is 15.4. The van der Waals surface area contributed by atoms with Crippen LogP contribution in [-0.4, -0.2) is 35.0 Å². The fraction of sp³-hybridized carbons (Fsp3) is 0.421. The number of thiazole rings is 1. The summed E-state index contributed by atoms with van der Waals surface area (Å²) in [7, 11) is 0. The SMILES string of the molecule is CCCSCC(=O)N(Cc1ccccc1)c1nc(C)c(C(=O)OCC)s1. The number of anilines is 1. The van der Waals surface area contributed by atoms with Crippen molar-refractivity contribution in [3.05, 3.63) is 46.5 Å². The number of aryl methyl sites for hydroxylation is 1. The molecular weight excluding hydrogens is 368 g/mol. The molecule has 0 saturated heterocycles. The minimum absolute atomic E-state index is 0.00328. The Labute approximate surface area is 162 Å². The first kappa shape index (κ1) is 20.5. The van der Waals surface area contributed by atoms with Gasteiger partial charge in [0.05, 0.1) is 24.6 Å². The van der Waals surface area contributed by atoms with Gasteiger partial charge in [-0.15, -0.1) is 0 Å². The van der Waals surface area contributed by atoms with Crippen LogP contribution in [0.3, 0.4) is 0 Å². The van der Waals surface area contributed by atoms with E-state index in [2.05, 4.69) is 11.9 Å². The normalized spacial score (nSPS) is 10.6. The number of rotatable bonds is 9. The highest BCUT2D eigenvalue weighted by Crippen LogP contribution is 2.28. The van der Waals surface area contributed by atoms with E-state index in [0.29, 0.717) is 34.6 Å². The number of benzene rings is 1. The summed E-state index contributed by atoms with van der Waals surface area (Å²) < 4.78 is 5.08. The molecular formula is C19H24N2O3S2. The predicted octanol–water partition coefficient (Wildman–Crippen LogP) is 4.30. The van der Waals surface area contributed by atoms with E-state index < -0.39 is 0 Å². The number of carbonyl (C=O) groups excluding carboxylic acids is 2. The molecule has 0 aliphatic carbocycles. The molecule has 1 aromatic heterocycles. The maximum Gasteiger partial charge on any atom is 0.350 e. The van der Waals surface area contributed by atoms with Crippen LogP contribution in [-0.2, 0) is 16.1 Å². The van der Waals surface area contributed by atoms with Gasteiger partial charge in [-0.3, -0.25) is 9.69 Å². The first-order chi connectivity index (χ1) is 12.6. The van der Waals surface area contributed by atoms with E-state index in [1.165, 1.54) is 11.3 Å². The number of thioether (sulfide) groups is 1. The standard InChI is InChI=1S/C19H24N2O3S2/c1-4-11-25-13-16(22)21(12-15-9-7-6-8-10-15)19-20-14(3)17(26-19)18(23)24-5-2/h6-10H,4-5,11-13H2,1-3H3. The van der Waals surface area contributed by atoms with Crippen LogP contribution in [0.5, 0.6) is 0 Å². The Morgan fingerprint density at radius 1 is 1.23 bits per heavy atom. The van der Waals surface area contributed by atoms with E-state index in [0.717, 1.165) is 17.7 Å². The minimum atomic E-state index is -0.388. The average Bonchev–Trinajstić information content (AvgIpc) is 3.02. The van der Waals surface area contributed by atoms with Gasteiger partial charge in [-0.25, -0.2) is 9.78 Å². The predicted molar refractivity (Wildman–Crippen MR) is 108 cm³/mol. The highest BCUT2D eigenvalue weighted by Gasteiger charge is 2.24. The van der Waals surface area contributed by atoms with Gasteiger partial charge in [0, 0.05) is 0 Å². The van der Waals surface area contributed by atoms with E-state index >= 15 is 0 Å². The fourth-order valence-electron chi connectivity index (χ4n) is 2.29. The van der Waals surface area contributed by atoms with Crippen LogP contribution in [0.25, 0.3) is 0 Å². The van der Waals surface area contributed by atoms with Gasteiger partial charge in [-0.05, 0) is 31.6 Å². The second-order valence-electron chi connectivity index (χ2n) is 5.65. The zero-order chi connectivity index (χ0) is 18.9. The summed E-state index contributed by atoms with van der Waals surface area (Å²) in [6.45, 7) is 6.37. The van der Waals surface area contributed by atoms with Crippen LogP contribution in [0.15, 0.2) is 30.3 Å². The Hall–Kier alpha value is -1.86. The summed E-state index contributed by atoms with van der Waals surface area (Å²) in [5.41, 5.74) is 1.61. The molecule has 0 N–H and O–H groups in total. The van der Waals surface area contributed by atoms with Crippen LogP contribution >= 0.6 is 23.1 Å². The van der Waals surface area contributed by atoms with Crippen molar-refractivity contribution in [2.45, 2.75) is 33.7 Å². The molecule has 0 atom stereocenters. The van der Waals surface area contributed by atoms with E-state index in [-0.39, 0.29) is 11.9 Å². The number of hydrogen-bond acceptors (Lipinski definition) is 6. The molecule has 1 aromatic carbocycles. The lowest BCUT2D eigenvalue weighted by molar-refractivity contribution is -0.116. The molecule has 0 unspecified atom stereocenters. The second kappa shape index (κ2) is 10.3. The number of aromatic nitrogens is 1. The number of hydrogen-bond donors (Lipinski definition) is 0. The number of nitrogens with zero attached hydrogens (tertiary/aromatic N) is 2. The minimum Gasteiger partial charge on any atom is -0.462 e. The van der Waals surface area contributed by atoms with Crippen molar-refractivity contribution in [2.24, 2.45) is 0 Å². The lowest BCUT2D eigenvalue weighted by Crippen LogP contribution is -2.32. The highest BCUT2D eigenvalue weighted by molar-refractivity contribution is 7.99. The smallest absolute Gasteiger partial charge is 0.350 e. The third kappa shape index (κ3) is 5.57. The summed E-state index contributed by atoms with van der Waals surface area (Å²) in [6.07, 6.45) is 1.03. The second-order valence-corrected chi connectivity index (χ2v) is 7.73. The molecule has 7 heteroatoms. The molecule has 140 valence electrons. The van der Waals surface area contributed by atoms with Gasteiger partial charge in [0.15, 0.2) is 5.13 Å². The van der Waals surface area contributed by atoms with Gasteiger partial charge in [-0.2, -0.15) is 11.8 Å². The summed E-state index contributed by atoms with van der Waals surface area (Å²) >= 11 is 2.83. The van der Waals surface area contributed by atoms with Crippen molar-refractivity contribution < 1.29 is 14.3 Å². The largest absolute Gasteiger partial charge is 0.462 e. The first-order valence-corrected chi connectivity index (χ1v) is 10.6. The van der Waals surface area contributed by atoms with Crippen LogP contribution in [0.2, 0.25) is 0 Å². The average molecular weight is 393 g/mol. The van der Waals surface area contributed by atoms with Crippen molar-refractivity contribution in [2.75, 3.05) is 23.0 Å². The first-order valence-electron chi connectivity index (χ1n) is 8.63. The van der Waals surface area contributed by atoms with Gasteiger partial charge in [0.2, 0.25) is 5.91 Å². The topological polar surface area (TPSA) is 59.5 Å². The van der Waals surface area contributed by atoms with E-state index in [1.807, 2.05) is 30.3 Å². The highest BCUT2D eigenvalue weighted by atomic mass is 32.2. The molecule has 2 aromatic rings. The molecule has 5 nitrogen and oxygen atoms in total. The molecule has 0 spiro atoms. The Balaban J connectivity index is 2.26. The van der Waals surface area contributed by atoms with Gasteiger partial charge < -0.3 is 4.74 Å². The Kier molecular flexibility index (Phi) is 8.12. The van der Waals surface area contributed by atoms with Crippen molar-refractivity contribution in [1.29, 1.82) is 0 Å². The number of carbonyl (C=O) groups is 2. The molecule has 26 heavy (non-hydrogen) atoms. The Morgan fingerprint density at radius 2 is 1.96 bits per heavy atom. The van der Waals surface area contributed by atoms with Crippen LogP contribution < -0.4 is 4.90 Å². The van der Waals surface area contributed by atoms with Crippen molar-refractivity contribution in [1.82, 2.24) is 4.98 Å². The molecule has 1 heterocycles. The Bertz CT molecular complexity index is 732. The molecule has 0 aliphatic heterocycles. The summed E-state index contributed by atoms with van der Waals surface area (Å²) in [5, 5.41) is 0.538. The van der Waals surface area contributed by atoms with Crippen LogP contribution in [0.4, 0.5) is 5.13 Å². The van der Waals surface area contributed by atoms with Crippen molar-refractivity contribution >= 4 is 40.1 Å². The maximum absolute atomic E-state index is 12.8. The molecule has 0 fully saturated rings. The van der Waals surface area contributed by atoms with Gasteiger partial charge >= 0.3 is 5.97 Å². The van der Waals surface area contributed by atoms with Gasteiger partial charge in [0.25, 0.3) is 0 Å². The lowest BCUT2D eigenvalue weighted by atomic mass is 10.2. The molecule has 2 rings (SSSR count). The summed E-state index contributed by atoms with van der Waals surface area (Å²) in [4.78, 5) is 31.5. The fourth-order valence-corrected chi connectivity index (χ4v) is 4.03. The molecule has 0 aliphatic rings. The molecule has 1 amide bonds. The zero-order valence-corrected chi connectivity index (χ0v) is 17.0. The Morgan fingerprint density at radius 3 is 2.62 bits per heavy atom. The van der Waals surface area contributed by atoms with Gasteiger partial charge in [0.1, 0.15) is 4.88 Å².